The van der Waals surface area contributed by atoms with Crippen molar-refractivity contribution >= 4 is 16.1 Å². The van der Waals surface area contributed by atoms with Crippen molar-refractivity contribution in [1.82, 2.24) is 0 Å². The van der Waals surface area contributed by atoms with Gasteiger partial charge in [-0.05, 0) is 18.8 Å². The second-order valence-electron chi connectivity index (χ2n) is 8.98. The van der Waals surface area contributed by atoms with Crippen LogP contribution in [0.4, 0.5) is 0 Å². The van der Waals surface area contributed by atoms with Crippen molar-refractivity contribution in [1.29, 1.82) is 10.5 Å². The summed E-state index contributed by atoms with van der Waals surface area (Å²) in [7, 11) is -2.91. The Morgan fingerprint density at radius 2 is 1.38 bits per heavy atom. The van der Waals surface area contributed by atoms with Crippen LogP contribution in [0, 0.1) is 28.6 Å². The van der Waals surface area contributed by atoms with Gasteiger partial charge in [-0.25, -0.2) is 0 Å². The van der Waals surface area contributed by atoms with Gasteiger partial charge < -0.3 is 0 Å². The molecule has 0 aliphatic carbocycles. The van der Waals surface area contributed by atoms with E-state index in [4.69, 9.17) is 10.5 Å². The summed E-state index contributed by atoms with van der Waals surface area (Å²) in [5.41, 5.74) is 4.71. The minimum absolute atomic E-state index is 0.691. The van der Waals surface area contributed by atoms with E-state index in [-0.39, 0.29) is 0 Å². The fourth-order valence-electron chi connectivity index (χ4n) is 4.69. The van der Waals surface area contributed by atoms with Crippen molar-refractivity contribution in [2.45, 2.75) is 115 Å². The Bertz CT molecular complexity index is 534. The summed E-state index contributed by atoms with van der Waals surface area (Å²) in [4.78, 5) is 0. The number of nitrogens with zero attached hydrogens (tertiary/aromatic N) is 2. The average Bonchev–Trinajstić information content (AvgIpc) is 2.76. The first-order valence-corrected chi connectivity index (χ1v) is 17.4. The number of hydrogen-bond donors (Lipinski definition) is 0. The van der Waals surface area contributed by atoms with E-state index in [1.54, 1.807) is 0 Å². The van der Waals surface area contributed by atoms with E-state index in [2.05, 4.69) is 57.5 Å². The van der Waals surface area contributed by atoms with Crippen molar-refractivity contribution < 1.29 is 0 Å². The summed E-state index contributed by atoms with van der Waals surface area (Å²) >= 11 is 0. The molecular formula is C25H46N2Si2. The highest BCUT2D eigenvalue weighted by atomic mass is 28.3. The van der Waals surface area contributed by atoms with Gasteiger partial charge >= 0.3 is 0 Å². The van der Waals surface area contributed by atoms with Gasteiger partial charge in [0.25, 0.3) is 0 Å². The Morgan fingerprint density at radius 1 is 0.793 bits per heavy atom. The molecule has 0 heterocycles. The highest BCUT2D eigenvalue weighted by Crippen LogP contribution is 2.36. The van der Waals surface area contributed by atoms with E-state index in [9.17, 15) is 0 Å². The topological polar surface area (TPSA) is 47.6 Å². The van der Waals surface area contributed by atoms with Crippen molar-refractivity contribution in [3.05, 3.63) is 24.6 Å². The van der Waals surface area contributed by atoms with E-state index in [0.29, 0.717) is 12.8 Å². The maximum Gasteiger partial charge on any atom is 0.0773 e. The second-order valence-corrected chi connectivity index (χ2v) is 18.4. The molecule has 0 aliphatic heterocycles. The summed E-state index contributed by atoms with van der Waals surface area (Å²) in [5, 5.41) is 17.8. The molecule has 0 amide bonds. The molecule has 0 aromatic carbocycles. The van der Waals surface area contributed by atoms with Crippen LogP contribution >= 0.6 is 0 Å². The van der Waals surface area contributed by atoms with E-state index < -0.39 is 16.1 Å². The Hall–Kier alpha value is -1.11. The standard InChI is InChI=1S/C25H46N2Si2/c1-6-11-20-29(10-5,22-16-14-19-27)24-25(7-2)17-23-28(8-3,9-4)21-15-12-13-18-26/h8,10,25H,3,5-7,9,11-17,20-24H2,1-2,4H3. The van der Waals surface area contributed by atoms with Crippen LogP contribution in [0.1, 0.15) is 78.6 Å². The van der Waals surface area contributed by atoms with Gasteiger partial charge in [-0.2, -0.15) is 10.5 Å². The van der Waals surface area contributed by atoms with Gasteiger partial charge in [0.1, 0.15) is 0 Å². The zero-order valence-corrected chi connectivity index (χ0v) is 21.6. The van der Waals surface area contributed by atoms with E-state index in [1.165, 1.54) is 68.4 Å². The van der Waals surface area contributed by atoms with Gasteiger partial charge in [0, 0.05) is 12.8 Å². The third-order valence-electron chi connectivity index (χ3n) is 7.10. The lowest BCUT2D eigenvalue weighted by Gasteiger charge is -2.34. The Morgan fingerprint density at radius 3 is 1.90 bits per heavy atom. The summed E-state index contributed by atoms with van der Waals surface area (Å²) in [5.74, 6) is 0.788. The Kier molecular flexibility index (Phi) is 16.0. The van der Waals surface area contributed by atoms with E-state index >= 15 is 0 Å². The van der Waals surface area contributed by atoms with Gasteiger partial charge in [-0.3, -0.25) is 0 Å². The lowest BCUT2D eigenvalue weighted by molar-refractivity contribution is 0.528. The molecule has 0 aliphatic rings. The molecule has 2 nitrogen and oxygen atoms in total. The smallest absolute Gasteiger partial charge is 0.0773 e. The number of unbranched alkanes of at least 4 members (excludes halogenated alkanes) is 4. The van der Waals surface area contributed by atoms with Gasteiger partial charge in [0.15, 0.2) is 0 Å². The van der Waals surface area contributed by atoms with Crippen molar-refractivity contribution in [2.24, 2.45) is 5.92 Å². The summed E-state index contributed by atoms with van der Waals surface area (Å²) < 4.78 is 0. The van der Waals surface area contributed by atoms with Crippen molar-refractivity contribution in [2.75, 3.05) is 0 Å². The van der Waals surface area contributed by atoms with Crippen LogP contribution in [0.25, 0.3) is 0 Å². The number of rotatable bonds is 19. The molecule has 4 heteroatoms. The molecule has 3 atom stereocenters. The third kappa shape index (κ3) is 11.0. The van der Waals surface area contributed by atoms with Crippen LogP contribution in [0.3, 0.4) is 0 Å². The molecule has 0 bridgehead atoms. The molecule has 0 radical (unpaired) electrons. The summed E-state index contributed by atoms with van der Waals surface area (Å²) in [6.45, 7) is 15.5. The molecule has 0 aromatic heterocycles. The van der Waals surface area contributed by atoms with Crippen LogP contribution in [0.2, 0.25) is 36.3 Å². The van der Waals surface area contributed by atoms with Crippen molar-refractivity contribution in [3.63, 3.8) is 0 Å². The molecular weight excluding hydrogens is 384 g/mol. The van der Waals surface area contributed by atoms with Crippen LogP contribution in [0.15, 0.2) is 24.6 Å². The first kappa shape index (κ1) is 27.9. The predicted molar refractivity (Wildman–Crippen MR) is 134 cm³/mol. The molecule has 0 aromatic rings. The minimum Gasteiger partial charge on any atom is -0.198 e. The highest BCUT2D eigenvalue weighted by Gasteiger charge is 2.33. The SMILES string of the molecule is C=C[Si](CC)(CCCCC#N)CCC(CC)C[Si](C=C)(CCCC)CCCC#N. The zero-order valence-electron chi connectivity index (χ0n) is 19.6. The number of nitriles is 2. The Balaban J connectivity index is 5.07. The quantitative estimate of drug-likeness (QED) is 0.152. The first-order valence-electron chi connectivity index (χ1n) is 12.0. The van der Waals surface area contributed by atoms with Crippen molar-refractivity contribution in [3.8, 4) is 12.1 Å². The van der Waals surface area contributed by atoms with Crippen LogP contribution < -0.4 is 0 Å². The van der Waals surface area contributed by atoms with Crippen LogP contribution in [0.5, 0.6) is 0 Å². The first-order chi connectivity index (χ1) is 14.0. The molecule has 0 saturated heterocycles. The monoisotopic (exact) mass is 430 g/mol. The largest absolute Gasteiger partial charge is 0.198 e. The minimum atomic E-state index is -1.50. The molecule has 0 fully saturated rings. The zero-order chi connectivity index (χ0) is 22.0. The molecule has 29 heavy (non-hydrogen) atoms. The third-order valence-corrected chi connectivity index (χ3v) is 17.0. The van der Waals surface area contributed by atoms with Crippen LogP contribution in [-0.2, 0) is 0 Å². The van der Waals surface area contributed by atoms with Gasteiger partial charge in [0.05, 0.1) is 28.3 Å². The fraction of sp³-hybridized carbons (Fsp3) is 0.760. The fourth-order valence-corrected chi connectivity index (χ4v) is 13.1. The highest BCUT2D eigenvalue weighted by molar-refractivity contribution is 6.85. The second kappa shape index (κ2) is 16.7. The lowest BCUT2D eigenvalue weighted by atomic mass is 10.1. The van der Waals surface area contributed by atoms with E-state index in [0.717, 1.165) is 18.8 Å². The normalized spacial score (nSPS) is 16.0. The summed E-state index contributed by atoms with van der Waals surface area (Å²) in [6, 6.07) is 12.5. The average molecular weight is 431 g/mol. The van der Waals surface area contributed by atoms with E-state index in [1.807, 2.05) is 0 Å². The van der Waals surface area contributed by atoms with Gasteiger partial charge in [0.2, 0.25) is 0 Å². The Labute approximate surface area is 184 Å². The molecule has 0 N–H and O–H groups in total. The number of hydrogen-bond acceptors (Lipinski definition) is 2. The molecule has 0 rings (SSSR count). The van der Waals surface area contributed by atoms with Crippen LogP contribution in [-0.4, -0.2) is 16.1 Å². The maximum absolute atomic E-state index is 8.99. The predicted octanol–water partition coefficient (Wildman–Crippen LogP) is 8.57. The lowest BCUT2D eigenvalue weighted by Crippen LogP contribution is -2.36. The van der Waals surface area contributed by atoms with Gasteiger partial charge in [-0.1, -0.05) is 89.1 Å². The maximum atomic E-state index is 8.99. The molecule has 0 spiro atoms. The molecule has 0 saturated carbocycles. The summed E-state index contributed by atoms with van der Waals surface area (Å²) in [6.07, 6.45) is 9.80. The van der Waals surface area contributed by atoms with Gasteiger partial charge in [-0.15, -0.1) is 24.6 Å². The molecule has 3 unspecified atom stereocenters. The molecule has 164 valence electrons.